The molecule has 2 rings (SSSR count). The lowest BCUT2D eigenvalue weighted by Gasteiger charge is -2.32. The van der Waals surface area contributed by atoms with Crippen LogP contribution >= 0.6 is 0 Å². The van der Waals surface area contributed by atoms with Gasteiger partial charge in [-0.05, 0) is 32.6 Å². The van der Waals surface area contributed by atoms with E-state index in [1.807, 2.05) is 6.92 Å². The molecule has 1 aliphatic carbocycles. The lowest BCUT2D eigenvalue weighted by Crippen LogP contribution is -2.31. The van der Waals surface area contributed by atoms with Crippen molar-refractivity contribution in [3.8, 4) is 0 Å². The maximum atomic E-state index is 5.73. The summed E-state index contributed by atoms with van der Waals surface area (Å²) in [6.45, 7) is 4.16. The zero-order valence-corrected chi connectivity index (χ0v) is 9.33. The van der Waals surface area contributed by atoms with Crippen molar-refractivity contribution in [1.29, 1.82) is 0 Å². The highest BCUT2D eigenvalue weighted by Crippen LogP contribution is 2.31. The maximum absolute atomic E-state index is 5.73. The van der Waals surface area contributed by atoms with Gasteiger partial charge in [0.05, 0.1) is 0 Å². The van der Waals surface area contributed by atoms with Gasteiger partial charge in [0.15, 0.2) is 0 Å². The van der Waals surface area contributed by atoms with Gasteiger partial charge in [0.25, 0.3) is 0 Å². The van der Waals surface area contributed by atoms with Crippen molar-refractivity contribution < 1.29 is 0 Å². The molecule has 4 nitrogen and oxygen atoms in total. The summed E-state index contributed by atoms with van der Waals surface area (Å²) in [5.74, 6) is 2.23. The van der Waals surface area contributed by atoms with Crippen molar-refractivity contribution in [2.75, 3.05) is 11.1 Å². The van der Waals surface area contributed by atoms with E-state index in [0.29, 0.717) is 11.9 Å². The second-order valence-electron chi connectivity index (χ2n) is 4.36. The molecular formula is C11H18N4. The van der Waals surface area contributed by atoms with Crippen LogP contribution in [0.2, 0.25) is 0 Å². The molecule has 1 fully saturated rings. The smallest absolute Gasteiger partial charge is 0.134 e. The lowest BCUT2D eigenvalue weighted by molar-refractivity contribution is 0.285. The molecule has 1 aromatic rings. The summed E-state index contributed by atoms with van der Waals surface area (Å²) in [6, 6.07) is 0.478. The number of nitrogens with two attached hydrogens (primary N) is 1. The standard InChI is InChI=1S/C11H18N4/c1-7-10(12)13-6-14-11(7)15-8(2)9-4-3-5-9/h6,8-9H,3-5H2,1-2H3,(H3,12,13,14,15). The molecule has 1 heterocycles. The number of nitrogen functional groups attached to an aromatic ring is 1. The Labute approximate surface area is 90.3 Å². The summed E-state index contributed by atoms with van der Waals surface area (Å²) in [5.41, 5.74) is 6.68. The number of aromatic nitrogens is 2. The molecule has 15 heavy (non-hydrogen) atoms. The van der Waals surface area contributed by atoms with Crippen molar-refractivity contribution in [2.24, 2.45) is 5.92 Å². The second kappa shape index (κ2) is 4.04. The minimum atomic E-state index is 0.478. The molecule has 1 aromatic heterocycles. The summed E-state index contributed by atoms with van der Waals surface area (Å²) in [4.78, 5) is 8.17. The fourth-order valence-corrected chi connectivity index (χ4v) is 1.88. The van der Waals surface area contributed by atoms with E-state index in [4.69, 9.17) is 5.73 Å². The summed E-state index contributed by atoms with van der Waals surface area (Å²) in [5, 5.41) is 3.42. The molecule has 0 saturated heterocycles. The van der Waals surface area contributed by atoms with Crippen LogP contribution in [-0.2, 0) is 0 Å². The molecule has 0 spiro atoms. The summed E-state index contributed by atoms with van der Waals surface area (Å²) < 4.78 is 0. The Morgan fingerprint density at radius 3 is 2.80 bits per heavy atom. The highest BCUT2D eigenvalue weighted by Gasteiger charge is 2.24. The molecule has 0 radical (unpaired) electrons. The van der Waals surface area contributed by atoms with Crippen molar-refractivity contribution in [1.82, 2.24) is 9.97 Å². The van der Waals surface area contributed by atoms with E-state index in [2.05, 4.69) is 22.2 Å². The maximum Gasteiger partial charge on any atom is 0.134 e. The third kappa shape index (κ3) is 2.03. The van der Waals surface area contributed by atoms with Crippen LogP contribution in [0.15, 0.2) is 6.33 Å². The number of nitrogens with zero attached hydrogens (tertiary/aromatic N) is 2. The average Bonchev–Trinajstić information content (AvgIpc) is 2.10. The first-order valence-electron chi connectivity index (χ1n) is 5.52. The third-order valence-electron chi connectivity index (χ3n) is 3.34. The van der Waals surface area contributed by atoms with E-state index < -0.39 is 0 Å². The van der Waals surface area contributed by atoms with Crippen molar-refractivity contribution in [3.05, 3.63) is 11.9 Å². The largest absolute Gasteiger partial charge is 0.383 e. The van der Waals surface area contributed by atoms with Gasteiger partial charge in [0.1, 0.15) is 18.0 Å². The Kier molecular flexibility index (Phi) is 2.75. The molecule has 1 aliphatic rings. The first-order chi connectivity index (χ1) is 7.18. The molecule has 1 unspecified atom stereocenters. The zero-order valence-electron chi connectivity index (χ0n) is 9.33. The molecule has 82 valence electrons. The molecule has 0 bridgehead atoms. The molecule has 0 aliphatic heterocycles. The molecule has 1 atom stereocenters. The first kappa shape index (κ1) is 10.2. The number of hydrogen-bond donors (Lipinski definition) is 2. The van der Waals surface area contributed by atoms with E-state index in [1.165, 1.54) is 25.6 Å². The predicted molar refractivity (Wildman–Crippen MR) is 61.6 cm³/mol. The van der Waals surface area contributed by atoms with Gasteiger partial charge in [-0.25, -0.2) is 9.97 Å². The SMILES string of the molecule is Cc1c(N)ncnc1NC(C)C1CCC1. The molecule has 0 aromatic carbocycles. The van der Waals surface area contributed by atoms with Gasteiger partial charge in [-0.2, -0.15) is 0 Å². The van der Waals surface area contributed by atoms with Crippen LogP contribution in [0, 0.1) is 12.8 Å². The van der Waals surface area contributed by atoms with Crippen LogP contribution in [0.4, 0.5) is 11.6 Å². The van der Waals surface area contributed by atoms with E-state index in [9.17, 15) is 0 Å². The topological polar surface area (TPSA) is 63.8 Å². The lowest BCUT2D eigenvalue weighted by atomic mass is 9.80. The monoisotopic (exact) mass is 206 g/mol. The number of nitrogens with one attached hydrogen (secondary N) is 1. The fourth-order valence-electron chi connectivity index (χ4n) is 1.88. The first-order valence-corrected chi connectivity index (χ1v) is 5.52. The van der Waals surface area contributed by atoms with Gasteiger partial charge < -0.3 is 11.1 Å². The molecule has 1 saturated carbocycles. The number of anilines is 2. The van der Waals surface area contributed by atoms with Gasteiger partial charge in [-0.1, -0.05) is 6.42 Å². The third-order valence-corrected chi connectivity index (χ3v) is 3.34. The van der Waals surface area contributed by atoms with E-state index >= 15 is 0 Å². The van der Waals surface area contributed by atoms with Gasteiger partial charge in [0.2, 0.25) is 0 Å². The molecular weight excluding hydrogens is 188 g/mol. The van der Waals surface area contributed by atoms with Gasteiger partial charge >= 0.3 is 0 Å². The van der Waals surface area contributed by atoms with Crippen LogP contribution in [0.5, 0.6) is 0 Å². The second-order valence-corrected chi connectivity index (χ2v) is 4.36. The summed E-state index contributed by atoms with van der Waals surface area (Å²) in [6.07, 6.45) is 5.53. The van der Waals surface area contributed by atoms with E-state index in [0.717, 1.165) is 17.3 Å². The average molecular weight is 206 g/mol. The van der Waals surface area contributed by atoms with Crippen LogP contribution < -0.4 is 11.1 Å². The molecule has 3 N–H and O–H groups in total. The van der Waals surface area contributed by atoms with Crippen molar-refractivity contribution >= 4 is 11.6 Å². The number of hydrogen-bond acceptors (Lipinski definition) is 4. The van der Waals surface area contributed by atoms with E-state index in [-0.39, 0.29) is 0 Å². The Morgan fingerprint density at radius 2 is 2.20 bits per heavy atom. The molecule has 4 heteroatoms. The van der Waals surface area contributed by atoms with E-state index in [1.54, 1.807) is 0 Å². The molecule has 0 amide bonds. The summed E-state index contributed by atoms with van der Waals surface area (Å²) in [7, 11) is 0. The van der Waals surface area contributed by atoms with Crippen LogP contribution in [-0.4, -0.2) is 16.0 Å². The normalized spacial score (nSPS) is 18.3. The highest BCUT2D eigenvalue weighted by atomic mass is 15.1. The fraction of sp³-hybridized carbons (Fsp3) is 0.636. The van der Waals surface area contributed by atoms with Crippen molar-refractivity contribution in [3.63, 3.8) is 0 Å². The Bertz CT molecular complexity index is 346. The zero-order chi connectivity index (χ0) is 10.8. The Hall–Kier alpha value is -1.32. The quantitative estimate of drug-likeness (QED) is 0.793. The number of rotatable bonds is 3. The van der Waals surface area contributed by atoms with Gasteiger partial charge in [-0.15, -0.1) is 0 Å². The Balaban J connectivity index is 2.06. The minimum Gasteiger partial charge on any atom is -0.383 e. The minimum absolute atomic E-state index is 0.478. The van der Waals surface area contributed by atoms with Gasteiger partial charge in [-0.3, -0.25) is 0 Å². The highest BCUT2D eigenvalue weighted by molar-refractivity contribution is 5.54. The van der Waals surface area contributed by atoms with Gasteiger partial charge in [0, 0.05) is 11.6 Å². The van der Waals surface area contributed by atoms with Crippen LogP contribution in [0.3, 0.4) is 0 Å². The van der Waals surface area contributed by atoms with Crippen molar-refractivity contribution in [2.45, 2.75) is 39.2 Å². The van der Waals surface area contributed by atoms with Crippen LogP contribution in [0.25, 0.3) is 0 Å². The van der Waals surface area contributed by atoms with Crippen LogP contribution in [0.1, 0.15) is 31.7 Å². The summed E-state index contributed by atoms with van der Waals surface area (Å²) >= 11 is 0. The predicted octanol–water partition coefficient (Wildman–Crippen LogP) is 1.97. The Morgan fingerprint density at radius 1 is 1.47 bits per heavy atom.